The van der Waals surface area contributed by atoms with Crippen LogP contribution in [0.15, 0.2) is 11.8 Å². The Balaban J connectivity index is 4.03. The van der Waals surface area contributed by atoms with E-state index < -0.39 is 0 Å². The molecule has 0 radical (unpaired) electrons. The van der Waals surface area contributed by atoms with Gasteiger partial charge in [-0.3, -0.25) is 0 Å². The lowest BCUT2D eigenvalue weighted by molar-refractivity contribution is -0.134. The molecule has 58 valence electrons. The highest BCUT2D eigenvalue weighted by Crippen LogP contribution is 1.95. The Morgan fingerprint density at radius 2 is 2.00 bits per heavy atom. The topological polar surface area (TPSA) is 29.5 Å². The normalized spacial score (nSPS) is 11.0. The van der Waals surface area contributed by atoms with Gasteiger partial charge in [-0.2, -0.15) is 0 Å². The summed E-state index contributed by atoms with van der Waals surface area (Å²) < 4.78 is 4.43. The van der Waals surface area contributed by atoms with Crippen LogP contribution >= 0.6 is 0 Å². The maximum atomic E-state index is 10.6. The average molecular weight is 143 g/mol. The van der Waals surface area contributed by atoms with Gasteiger partial charge in [-0.1, -0.05) is 0 Å². The van der Waals surface area contributed by atoms with Crippen molar-refractivity contribution in [2.24, 2.45) is 0 Å². The molecule has 0 N–H and O–H groups in total. The maximum absolute atomic E-state index is 10.6. The number of hydrogen-bond donors (Lipinski definition) is 0. The molecule has 0 saturated heterocycles. The third-order valence-electron chi connectivity index (χ3n) is 1.23. The van der Waals surface area contributed by atoms with Gasteiger partial charge in [0.1, 0.15) is 0 Å². The Labute approximate surface area is 61.3 Å². The van der Waals surface area contributed by atoms with Crippen molar-refractivity contribution in [3.8, 4) is 0 Å². The molecule has 0 spiro atoms. The zero-order chi connectivity index (χ0) is 8.15. The molecule has 0 aromatic heterocycles. The molecule has 0 aromatic rings. The van der Waals surface area contributed by atoms with Crippen LogP contribution in [0.2, 0.25) is 0 Å². The van der Waals surface area contributed by atoms with Gasteiger partial charge in [0.15, 0.2) is 0 Å². The van der Waals surface area contributed by atoms with Crippen LogP contribution in [-0.2, 0) is 9.53 Å². The van der Waals surface area contributed by atoms with E-state index in [9.17, 15) is 4.79 Å². The third kappa shape index (κ3) is 3.12. The minimum atomic E-state index is -0.314. The van der Waals surface area contributed by atoms with Gasteiger partial charge in [-0.15, -0.1) is 0 Å². The molecule has 10 heavy (non-hydrogen) atoms. The van der Waals surface area contributed by atoms with Crippen LogP contribution in [0.5, 0.6) is 0 Å². The molecule has 0 heterocycles. The molecule has 0 bridgehead atoms. The van der Waals surface area contributed by atoms with E-state index in [-0.39, 0.29) is 5.97 Å². The van der Waals surface area contributed by atoms with Crippen molar-refractivity contribution in [3.63, 3.8) is 0 Å². The van der Waals surface area contributed by atoms with Crippen molar-refractivity contribution in [2.75, 3.05) is 21.2 Å². The van der Waals surface area contributed by atoms with Gasteiger partial charge in [-0.05, 0) is 6.92 Å². The fourth-order valence-electron chi connectivity index (χ4n) is 0.359. The number of ether oxygens (including phenoxy) is 1. The summed E-state index contributed by atoms with van der Waals surface area (Å²) in [6.45, 7) is 1.84. The van der Waals surface area contributed by atoms with Gasteiger partial charge >= 0.3 is 5.97 Å². The zero-order valence-corrected chi connectivity index (χ0v) is 6.84. The molecule has 0 fully saturated rings. The van der Waals surface area contributed by atoms with Crippen LogP contribution in [0.25, 0.3) is 0 Å². The predicted octanol–water partition coefficient (Wildman–Crippen LogP) is 0.625. The summed E-state index contributed by atoms with van der Waals surface area (Å²) >= 11 is 0. The number of nitrogens with zero attached hydrogens (tertiary/aromatic N) is 1. The number of carbonyl (C=O) groups excluding carboxylic acids is 1. The number of esters is 1. The van der Waals surface area contributed by atoms with E-state index in [2.05, 4.69) is 4.74 Å². The van der Waals surface area contributed by atoms with Crippen molar-refractivity contribution >= 4 is 5.97 Å². The van der Waals surface area contributed by atoms with Crippen LogP contribution in [0.4, 0.5) is 0 Å². The summed E-state index contributed by atoms with van der Waals surface area (Å²) in [5.41, 5.74) is 0.881. The third-order valence-corrected chi connectivity index (χ3v) is 1.23. The lowest BCUT2D eigenvalue weighted by atomic mass is 10.4. The lowest BCUT2D eigenvalue weighted by Crippen LogP contribution is -2.10. The molecule has 0 amide bonds. The van der Waals surface area contributed by atoms with Crippen LogP contribution < -0.4 is 0 Å². The van der Waals surface area contributed by atoms with Crippen molar-refractivity contribution in [1.29, 1.82) is 0 Å². The smallest absolute Gasteiger partial charge is 0.332 e. The molecule has 0 aliphatic rings. The van der Waals surface area contributed by atoms with E-state index >= 15 is 0 Å². The summed E-state index contributed by atoms with van der Waals surface area (Å²) in [5.74, 6) is -0.314. The van der Waals surface area contributed by atoms with Gasteiger partial charge in [0, 0.05) is 25.9 Å². The van der Waals surface area contributed by atoms with Gasteiger partial charge in [0.05, 0.1) is 7.11 Å². The first-order valence-electron chi connectivity index (χ1n) is 3.01. The van der Waals surface area contributed by atoms with Gasteiger partial charge in [0.2, 0.25) is 0 Å². The molecular weight excluding hydrogens is 130 g/mol. The number of hydrogen-bond acceptors (Lipinski definition) is 3. The quantitative estimate of drug-likeness (QED) is 0.419. The highest BCUT2D eigenvalue weighted by molar-refractivity contribution is 5.82. The molecule has 0 rings (SSSR count). The fraction of sp³-hybridized carbons (Fsp3) is 0.571. The Bertz CT molecular complexity index is 150. The SMILES string of the molecule is COC(=O)/C=C(\C)N(C)C. The highest BCUT2D eigenvalue weighted by Gasteiger charge is 1.96. The minimum absolute atomic E-state index is 0.314. The minimum Gasteiger partial charge on any atom is -0.466 e. The van der Waals surface area contributed by atoms with Crippen molar-refractivity contribution in [1.82, 2.24) is 4.90 Å². The molecule has 0 aliphatic heterocycles. The number of carbonyl (C=O) groups is 1. The van der Waals surface area contributed by atoms with E-state index in [1.807, 2.05) is 25.9 Å². The monoisotopic (exact) mass is 143 g/mol. The van der Waals surface area contributed by atoms with Crippen molar-refractivity contribution < 1.29 is 9.53 Å². The second-order valence-corrected chi connectivity index (χ2v) is 2.20. The predicted molar refractivity (Wildman–Crippen MR) is 39.5 cm³/mol. The Morgan fingerprint density at radius 1 is 1.50 bits per heavy atom. The van der Waals surface area contributed by atoms with Crippen LogP contribution in [0.1, 0.15) is 6.92 Å². The summed E-state index contributed by atoms with van der Waals surface area (Å²) in [5, 5.41) is 0. The summed E-state index contributed by atoms with van der Waals surface area (Å²) in [4.78, 5) is 12.4. The Kier molecular flexibility index (Phi) is 3.54. The average Bonchev–Trinajstić information content (AvgIpc) is 1.87. The molecule has 0 atom stereocenters. The van der Waals surface area contributed by atoms with Gasteiger partial charge < -0.3 is 9.64 Å². The first-order valence-corrected chi connectivity index (χ1v) is 3.01. The van der Waals surface area contributed by atoms with E-state index in [4.69, 9.17) is 0 Å². The standard InChI is InChI=1S/C7H13NO2/c1-6(8(2)3)5-7(9)10-4/h5H,1-4H3/b6-5+. The molecule has 0 saturated carbocycles. The molecule has 0 aliphatic carbocycles. The van der Waals surface area contributed by atoms with Crippen molar-refractivity contribution in [2.45, 2.75) is 6.92 Å². The number of allylic oxidation sites excluding steroid dienone is 1. The molecule has 3 nitrogen and oxygen atoms in total. The Hall–Kier alpha value is -0.990. The molecular formula is C7H13NO2. The second-order valence-electron chi connectivity index (χ2n) is 2.20. The zero-order valence-electron chi connectivity index (χ0n) is 6.84. The van der Waals surface area contributed by atoms with Crippen LogP contribution in [-0.4, -0.2) is 32.1 Å². The summed E-state index contributed by atoms with van der Waals surface area (Å²) in [6, 6.07) is 0. The van der Waals surface area contributed by atoms with E-state index in [0.29, 0.717) is 0 Å². The fourth-order valence-corrected chi connectivity index (χ4v) is 0.359. The first kappa shape index (κ1) is 9.01. The maximum Gasteiger partial charge on any atom is 0.332 e. The highest BCUT2D eigenvalue weighted by atomic mass is 16.5. The van der Waals surface area contributed by atoms with E-state index in [1.165, 1.54) is 13.2 Å². The van der Waals surface area contributed by atoms with Crippen LogP contribution in [0.3, 0.4) is 0 Å². The molecule has 0 unspecified atom stereocenters. The largest absolute Gasteiger partial charge is 0.466 e. The van der Waals surface area contributed by atoms with E-state index in [1.54, 1.807) is 0 Å². The number of methoxy groups -OCH3 is 1. The van der Waals surface area contributed by atoms with Crippen LogP contribution in [0, 0.1) is 0 Å². The number of rotatable bonds is 2. The van der Waals surface area contributed by atoms with Crippen molar-refractivity contribution in [3.05, 3.63) is 11.8 Å². The molecule has 0 aromatic carbocycles. The summed E-state index contributed by atoms with van der Waals surface area (Å²) in [6.07, 6.45) is 1.44. The van der Waals surface area contributed by atoms with Gasteiger partial charge in [-0.25, -0.2) is 4.79 Å². The van der Waals surface area contributed by atoms with Gasteiger partial charge in [0.25, 0.3) is 0 Å². The Morgan fingerprint density at radius 3 is 2.30 bits per heavy atom. The lowest BCUT2D eigenvalue weighted by Gasteiger charge is -2.11. The summed E-state index contributed by atoms with van der Waals surface area (Å²) in [7, 11) is 5.10. The first-order chi connectivity index (χ1) is 4.57. The second kappa shape index (κ2) is 3.93. The molecule has 3 heteroatoms. The van der Waals surface area contributed by atoms with E-state index in [0.717, 1.165) is 5.70 Å².